The molecule has 0 atom stereocenters. The molecule has 0 saturated heterocycles. The number of fused-ring (bicyclic) bond motifs is 1. The molecule has 0 spiro atoms. The second-order valence-corrected chi connectivity index (χ2v) is 5.13. The number of hydrogen-bond acceptors (Lipinski definition) is 3. The topological polar surface area (TPSA) is 50.1 Å². The molecule has 0 amide bonds. The van der Waals surface area contributed by atoms with E-state index in [1.54, 1.807) is 12.1 Å². The minimum Gasteiger partial charge on any atom is -0.508 e. The number of rotatable bonds is 6. The largest absolute Gasteiger partial charge is 0.508 e. The van der Waals surface area contributed by atoms with E-state index < -0.39 is 0 Å². The van der Waals surface area contributed by atoms with Gasteiger partial charge < -0.3 is 15.0 Å². The minimum absolute atomic E-state index is 0.319. The van der Waals surface area contributed by atoms with E-state index in [9.17, 15) is 5.11 Å². The van der Waals surface area contributed by atoms with Crippen LogP contribution < -0.4 is 5.32 Å². The van der Waals surface area contributed by atoms with Crippen LogP contribution in [0.1, 0.15) is 12.0 Å². The number of hydrogen-bond donors (Lipinski definition) is 2. The van der Waals surface area contributed by atoms with Crippen LogP contribution in [0.5, 0.6) is 5.75 Å². The maximum absolute atomic E-state index is 9.40. The van der Waals surface area contributed by atoms with Crippen LogP contribution in [0.15, 0.2) is 54.9 Å². The van der Waals surface area contributed by atoms with E-state index in [0.29, 0.717) is 5.75 Å². The number of para-hydroxylation sites is 2. The maximum atomic E-state index is 9.40. The van der Waals surface area contributed by atoms with Crippen molar-refractivity contribution in [2.45, 2.75) is 19.5 Å². The summed E-state index contributed by atoms with van der Waals surface area (Å²) < 4.78 is 2.19. The van der Waals surface area contributed by atoms with Gasteiger partial charge in [-0.25, -0.2) is 4.98 Å². The lowest BCUT2D eigenvalue weighted by molar-refractivity contribution is 0.474. The number of phenols is 1. The summed E-state index contributed by atoms with van der Waals surface area (Å²) in [5, 5.41) is 12.8. The van der Waals surface area contributed by atoms with Gasteiger partial charge in [-0.1, -0.05) is 24.3 Å². The molecule has 1 heterocycles. The third-order valence-corrected chi connectivity index (χ3v) is 3.52. The lowest BCUT2D eigenvalue weighted by Crippen LogP contribution is -2.16. The molecule has 0 unspecified atom stereocenters. The van der Waals surface area contributed by atoms with Crippen molar-refractivity contribution >= 4 is 11.0 Å². The summed E-state index contributed by atoms with van der Waals surface area (Å²) in [6, 6.07) is 15.5. The summed E-state index contributed by atoms with van der Waals surface area (Å²) in [4.78, 5) is 4.39. The first-order chi connectivity index (χ1) is 10.3. The van der Waals surface area contributed by atoms with Gasteiger partial charge in [0, 0.05) is 13.1 Å². The summed E-state index contributed by atoms with van der Waals surface area (Å²) >= 11 is 0. The van der Waals surface area contributed by atoms with E-state index in [1.807, 2.05) is 36.7 Å². The Labute approximate surface area is 124 Å². The van der Waals surface area contributed by atoms with Crippen molar-refractivity contribution < 1.29 is 5.11 Å². The Morgan fingerprint density at radius 2 is 2.00 bits per heavy atom. The van der Waals surface area contributed by atoms with E-state index in [-0.39, 0.29) is 0 Å². The van der Waals surface area contributed by atoms with Gasteiger partial charge in [0.15, 0.2) is 0 Å². The summed E-state index contributed by atoms with van der Waals surface area (Å²) in [7, 11) is 0. The van der Waals surface area contributed by atoms with Gasteiger partial charge in [-0.05, 0) is 42.8 Å². The quantitative estimate of drug-likeness (QED) is 0.683. The Kier molecular flexibility index (Phi) is 4.17. The van der Waals surface area contributed by atoms with Gasteiger partial charge in [-0.2, -0.15) is 0 Å². The van der Waals surface area contributed by atoms with Crippen LogP contribution in [0.3, 0.4) is 0 Å². The van der Waals surface area contributed by atoms with E-state index in [2.05, 4.69) is 20.9 Å². The maximum Gasteiger partial charge on any atom is 0.115 e. The van der Waals surface area contributed by atoms with E-state index in [0.717, 1.165) is 37.1 Å². The average Bonchev–Trinajstić information content (AvgIpc) is 2.90. The molecule has 1 aromatic heterocycles. The van der Waals surface area contributed by atoms with Crippen LogP contribution in [-0.4, -0.2) is 21.2 Å². The number of benzene rings is 2. The highest BCUT2D eigenvalue weighted by Crippen LogP contribution is 2.12. The molecule has 0 fully saturated rings. The standard InChI is InChI=1S/C17H19N3O/c21-15-6-3-5-14(11-15)12-18-9-4-10-20-13-19-16-7-1-2-8-17(16)20/h1-3,5-8,11,13,18,21H,4,9-10,12H2. The van der Waals surface area contributed by atoms with E-state index >= 15 is 0 Å². The first kappa shape index (κ1) is 13.6. The molecule has 0 aliphatic carbocycles. The molecule has 3 aromatic rings. The van der Waals surface area contributed by atoms with Gasteiger partial charge in [0.05, 0.1) is 17.4 Å². The van der Waals surface area contributed by atoms with Crippen molar-refractivity contribution in [2.24, 2.45) is 0 Å². The van der Waals surface area contributed by atoms with Gasteiger partial charge in [0.25, 0.3) is 0 Å². The molecule has 4 heteroatoms. The SMILES string of the molecule is Oc1cccc(CNCCCn2cnc3ccccc32)c1. The molecule has 0 aliphatic heterocycles. The number of imidazole rings is 1. The first-order valence-corrected chi connectivity index (χ1v) is 7.21. The second kappa shape index (κ2) is 6.41. The van der Waals surface area contributed by atoms with Crippen LogP contribution in [0.4, 0.5) is 0 Å². The molecule has 3 rings (SSSR count). The number of phenolic OH excluding ortho intramolecular Hbond substituents is 1. The van der Waals surface area contributed by atoms with E-state index in [4.69, 9.17) is 0 Å². The fraction of sp³-hybridized carbons (Fsp3) is 0.235. The molecule has 2 aromatic carbocycles. The predicted octanol–water partition coefficient (Wildman–Crippen LogP) is 2.92. The van der Waals surface area contributed by atoms with E-state index in [1.165, 1.54) is 5.52 Å². The summed E-state index contributed by atoms with van der Waals surface area (Å²) in [5.74, 6) is 0.319. The highest BCUT2D eigenvalue weighted by Gasteiger charge is 2.00. The minimum atomic E-state index is 0.319. The lowest BCUT2D eigenvalue weighted by atomic mass is 10.2. The number of nitrogens with one attached hydrogen (secondary N) is 1. The predicted molar refractivity (Wildman–Crippen MR) is 84.2 cm³/mol. The molecule has 0 bridgehead atoms. The van der Waals surface area contributed by atoms with Crippen molar-refractivity contribution in [3.63, 3.8) is 0 Å². The van der Waals surface area contributed by atoms with Gasteiger partial charge in [-0.15, -0.1) is 0 Å². The zero-order chi connectivity index (χ0) is 14.5. The molecule has 0 aliphatic rings. The van der Waals surface area contributed by atoms with Crippen LogP contribution in [-0.2, 0) is 13.1 Å². The summed E-state index contributed by atoms with van der Waals surface area (Å²) in [6.45, 7) is 2.66. The van der Waals surface area contributed by atoms with Crippen molar-refractivity contribution in [1.82, 2.24) is 14.9 Å². The molecular weight excluding hydrogens is 262 g/mol. The second-order valence-electron chi connectivity index (χ2n) is 5.13. The van der Waals surface area contributed by atoms with Crippen molar-refractivity contribution in [3.8, 4) is 5.75 Å². The number of nitrogens with zero attached hydrogens (tertiary/aromatic N) is 2. The monoisotopic (exact) mass is 281 g/mol. The molecule has 108 valence electrons. The third-order valence-electron chi connectivity index (χ3n) is 3.52. The molecular formula is C17H19N3O. The van der Waals surface area contributed by atoms with Gasteiger partial charge >= 0.3 is 0 Å². The zero-order valence-electron chi connectivity index (χ0n) is 11.9. The number of aryl methyl sites for hydroxylation is 1. The summed E-state index contributed by atoms with van der Waals surface area (Å²) in [5.41, 5.74) is 3.33. The summed E-state index contributed by atoms with van der Waals surface area (Å²) in [6.07, 6.45) is 2.94. The van der Waals surface area contributed by atoms with Gasteiger partial charge in [-0.3, -0.25) is 0 Å². The highest BCUT2D eigenvalue weighted by atomic mass is 16.3. The molecule has 0 saturated carbocycles. The first-order valence-electron chi connectivity index (χ1n) is 7.21. The van der Waals surface area contributed by atoms with Crippen LogP contribution in [0.2, 0.25) is 0 Å². The Hall–Kier alpha value is -2.33. The van der Waals surface area contributed by atoms with Crippen LogP contribution in [0.25, 0.3) is 11.0 Å². The Bertz CT molecular complexity index is 721. The van der Waals surface area contributed by atoms with Crippen molar-refractivity contribution in [3.05, 3.63) is 60.4 Å². The fourth-order valence-electron chi connectivity index (χ4n) is 2.46. The van der Waals surface area contributed by atoms with Crippen LogP contribution >= 0.6 is 0 Å². The Morgan fingerprint density at radius 1 is 1.10 bits per heavy atom. The third kappa shape index (κ3) is 3.41. The average molecular weight is 281 g/mol. The molecule has 0 radical (unpaired) electrons. The molecule has 21 heavy (non-hydrogen) atoms. The fourth-order valence-corrected chi connectivity index (χ4v) is 2.46. The molecule has 2 N–H and O–H groups in total. The zero-order valence-corrected chi connectivity index (χ0v) is 11.9. The molecule has 4 nitrogen and oxygen atoms in total. The lowest BCUT2D eigenvalue weighted by Gasteiger charge is -2.07. The Balaban J connectivity index is 1.46. The number of aromatic hydroxyl groups is 1. The number of aromatic nitrogens is 2. The smallest absolute Gasteiger partial charge is 0.115 e. The van der Waals surface area contributed by atoms with Crippen molar-refractivity contribution in [1.29, 1.82) is 0 Å². The normalized spacial score (nSPS) is 11.0. The van der Waals surface area contributed by atoms with Crippen molar-refractivity contribution in [2.75, 3.05) is 6.54 Å². The highest BCUT2D eigenvalue weighted by molar-refractivity contribution is 5.74. The van der Waals surface area contributed by atoms with Gasteiger partial charge in [0.2, 0.25) is 0 Å². The Morgan fingerprint density at radius 3 is 2.90 bits per heavy atom. The van der Waals surface area contributed by atoms with Gasteiger partial charge in [0.1, 0.15) is 5.75 Å². The van der Waals surface area contributed by atoms with Crippen LogP contribution in [0, 0.1) is 0 Å².